The second kappa shape index (κ2) is 12.3. The quantitative estimate of drug-likeness (QED) is 0.216. The van der Waals surface area contributed by atoms with Gasteiger partial charge < -0.3 is 34.9 Å². The number of halogens is 1. The Labute approximate surface area is 297 Å². The van der Waals surface area contributed by atoms with E-state index in [4.69, 9.17) is 9.47 Å². The van der Waals surface area contributed by atoms with Crippen molar-refractivity contribution in [3.05, 3.63) is 102 Å². The van der Waals surface area contributed by atoms with Gasteiger partial charge in [-0.15, -0.1) is 0 Å². The zero-order chi connectivity index (χ0) is 30.6. The molecule has 6 rings (SSSR count). The number of carboxylic acid groups (broad SMARTS) is 1. The number of amides is 1. The van der Waals surface area contributed by atoms with Crippen molar-refractivity contribution in [2.75, 3.05) is 11.9 Å². The molecule has 3 aromatic carbocycles. The minimum Gasteiger partial charge on any atom is -0.550 e. The molecule has 11 heteroatoms. The molecule has 0 bridgehead atoms. The van der Waals surface area contributed by atoms with Crippen LogP contribution in [0, 0.1) is 11.7 Å². The molecule has 0 aliphatic carbocycles. The molecular formula is C33H34FKN2O7. The predicted molar refractivity (Wildman–Crippen MR) is 151 cm³/mol. The van der Waals surface area contributed by atoms with Gasteiger partial charge in [0.15, 0.2) is 17.1 Å². The Bertz CT molecular complexity index is 1510. The van der Waals surface area contributed by atoms with Gasteiger partial charge in [-0.05, 0) is 42.2 Å². The third kappa shape index (κ3) is 4.76. The fourth-order valence-corrected chi connectivity index (χ4v) is 7.32. The summed E-state index contributed by atoms with van der Waals surface area (Å²) in [5.41, 5.74) is -5.63. The number of anilines is 1. The Morgan fingerprint density at radius 2 is 1.64 bits per heavy atom. The normalized spacial score (nSPS) is 31.4. The first-order valence-electron chi connectivity index (χ1n) is 14.5. The number of benzene rings is 3. The van der Waals surface area contributed by atoms with Crippen LogP contribution in [0.1, 0.15) is 44.2 Å². The van der Waals surface area contributed by atoms with Crippen LogP contribution < -0.4 is 61.8 Å². The molecule has 3 saturated heterocycles. The predicted octanol–water partition coefficient (Wildman–Crippen LogP) is -0.374. The second-order valence-electron chi connectivity index (χ2n) is 11.8. The molecule has 3 aliphatic rings. The van der Waals surface area contributed by atoms with Crippen molar-refractivity contribution >= 4 is 17.6 Å². The van der Waals surface area contributed by atoms with E-state index >= 15 is 0 Å². The summed E-state index contributed by atoms with van der Waals surface area (Å²) in [4.78, 5) is 27.5. The van der Waals surface area contributed by atoms with Gasteiger partial charge in [-0.2, -0.15) is 0 Å². The Hall–Kier alpha value is -2.03. The summed E-state index contributed by atoms with van der Waals surface area (Å²) in [6.07, 6.45) is -2.27. The van der Waals surface area contributed by atoms with Crippen LogP contribution in [0.15, 0.2) is 84.9 Å². The summed E-state index contributed by atoms with van der Waals surface area (Å²) < 4.78 is 28.0. The van der Waals surface area contributed by atoms with Crippen LogP contribution in [0.5, 0.6) is 0 Å². The van der Waals surface area contributed by atoms with E-state index < -0.39 is 64.9 Å². The van der Waals surface area contributed by atoms with E-state index in [2.05, 4.69) is 5.32 Å². The van der Waals surface area contributed by atoms with Crippen molar-refractivity contribution < 1.29 is 90.2 Å². The van der Waals surface area contributed by atoms with Gasteiger partial charge in [0.1, 0.15) is 5.82 Å². The molecule has 3 heterocycles. The van der Waals surface area contributed by atoms with E-state index in [-0.39, 0.29) is 64.4 Å². The number of hydrogen-bond donors (Lipinski definition) is 3. The molecule has 3 N–H and O–H groups in total. The van der Waals surface area contributed by atoms with Crippen molar-refractivity contribution in [2.45, 2.75) is 68.0 Å². The second-order valence-corrected chi connectivity index (χ2v) is 11.8. The number of carbonyl (C=O) groups excluding carboxylic acids is 2. The first kappa shape index (κ1) is 33.3. The van der Waals surface area contributed by atoms with E-state index in [9.17, 15) is 29.3 Å². The average Bonchev–Trinajstić information content (AvgIpc) is 3.67. The number of nitrogens with zero attached hydrogens (tertiary/aromatic N) is 1. The summed E-state index contributed by atoms with van der Waals surface area (Å²) >= 11 is 0. The topological polar surface area (TPSA) is 135 Å². The van der Waals surface area contributed by atoms with E-state index in [1.165, 1.54) is 12.1 Å². The molecular weight excluding hydrogens is 594 g/mol. The maximum atomic E-state index is 14.6. The number of carbonyl (C=O) groups is 2. The maximum absolute atomic E-state index is 14.6. The first-order valence-corrected chi connectivity index (χ1v) is 14.5. The molecule has 0 spiro atoms. The minimum atomic E-state index is -1.93. The smallest absolute Gasteiger partial charge is 0.550 e. The Morgan fingerprint density at radius 1 is 1.02 bits per heavy atom. The van der Waals surface area contributed by atoms with E-state index in [0.29, 0.717) is 23.2 Å². The van der Waals surface area contributed by atoms with Gasteiger partial charge in [0.05, 0.1) is 12.2 Å². The summed E-state index contributed by atoms with van der Waals surface area (Å²) in [6, 6.07) is 23.5. The maximum Gasteiger partial charge on any atom is 1.00 e. The van der Waals surface area contributed by atoms with Gasteiger partial charge in [-0.1, -0.05) is 74.5 Å². The number of ether oxygens (including phenoxy) is 2. The number of epoxide rings is 1. The van der Waals surface area contributed by atoms with Crippen molar-refractivity contribution in [3.63, 3.8) is 0 Å². The molecule has 0 saturated carbocycles. The summed E-state index contributed by atoms with van der Waals surface area (Å²) in [6.45, 7) is 3.80. The number of para-hydroxylation sites is 1. The standard InChI is InChI=1S/C33H35FN2O7.K/c1-21(2)32(41)31(29(40)35-25-11-7-4-8-12-25)30(43-31,22-9-5-3-6-10-22)33(23-13-15-24(34)16-14-23)36(32)18-17-27(42-33)19-26(37)20-28(38)39;/h3-16,21,26-27,37,41H,17-20H2,1-2H3,(H,35,40)(H,38,39);/q;+1/p-1/t26-,27?,30?,31?,32?,33?;/m1./s1. The molecule has 44 heavy (non-hydrogen) atoms. The number of aliphatic carboxylic acids is 1. The third-order valence-corrected chi connectivity index (χ3v) is 9.07. The molecule has 3 aliphatic heterocycles. The fourth-order valence-electron chi connectivity index (χ4n) is 7.32. The molecule has 0 aromatic heterocycles. The zero-order valence-electron chi connectivity index (χ0n) is 24.9. The zero-order valence-corrected chi connectivity index (χ0v) is 28.0. The van der Waals surface area contributed by atoms with Crippen molar-refractivity contribution in [1.82, 2.24) is 4.90 Å². The molecule has 0 radical (unpaired) electrons. The Kier molecular flexibility index (Phi) is 9.31. The van der Waals surface area contributed by atoms with Crippen LogP contribution in [0.4, 0.5) is 10.1 Å². The van der Waals surface area contributed by atoms with E-state index in [1.54, 1.807) is 79.4 Å². The van der Waals surface area contributed by atoms with Gasteiger partial charge in [-0.25, -0.2) is 9.29 Å². The van der Waals surface area contributed by atoms with Gasteiger partial charge >= 0.3 is 51.4 Å². The van der Waals surface area contributed by atoms with Gasteiger partial charge in [0, 0.05) is 36.6 Å². The van der Waals surface area contributed by atoms with Crippen LogP contribution in [0.25, 0.3) is 0 Å². The number of aliphatic hydroxyl groups excluding tert-OH is 1. The van der Waals surface area contributed by atoms with Crippen LogP contribution in [-0.4, -0.2) is 57.1 Å². The van der Waals surface area contributed by atoms with Crippen molar-refractivity contribution in [3.8, 4) is 0 Å². The summed E-state index contributed by atoms with van der Waals surface area (Å²) in [5, 5.41) is 37.6. The van der Waals surface area contributed by atoms with Crippen LogP contribution in [-0.2, 0) is 30.4 Å². The third-order valence-electron chi connectivity index (χ3n) is 9.07. The van der Waals surface area contributed by atoms with E-state index in [1.807, 2.05) is 12.1 Å². The molecule has 226 valence electrons. The number of nitrogens with one attached hydrogen (secondary N) is 1. The number of aliphatic hydroxyl groups is 2. The monoisotopic (exact) mass is 628 g/mol. The van der Waals surface area contributed by atoms with Gasteiger partial charge in [-0.3, -0.25) is 4.79 Å². The fraction of sp³-hybridized carbons (Fsp3) is 0.394. The van der Waals surface area contributed by atoms with E-state index in [0.717, 1.165) is 0 Å². The molecule has 3 fully saturated rings. The van der Waals surface area contributed by atoms with Gasteiger partial charge in [0.2, 0.25) is 5.60 Å². The molecule has 6 atom stereocenters. The van der Waals surface area contributed by atoms with Gasteiger partial charge in [0.25, 0.3) is 5.91 Å². The summed E-state index contributed by atoms with van der Waals surface area (Å²) in [7, 11) is 0. The largest absolute Gasteiger partial charge is 1.00 e. The first-order chi connectivity index (χ1) is 20.5. The van der Waals surface area contributed by atoms with Crippen molar-refractivity contribution in [2.24, 2.45) is 5.92 Å². The number of rotatable bonds is 9. The number of fused-ring (bicyclic) bond motifs is 3. The number of carboxylic acids is 1. The van der Waals surface area contributed by atoms with Crippen molar-refractivity contribution in [1.29, 1.82) is 0 Å². The molecule has 9 nitrogen and oxygen atoms in total. The number of hydrogen-bond acceptors (Lipinski definition) is 8. The van der Waals surface area contributed by atoms with Crippen LogP contribution in [0.2, 0.25) is 0 Å². The SMILES string of the molecule is CC(C)C1(O)N2CCC(C[C@@H](O)CC(=O)[O-])OC2(c2ccc(F)cc2)C2(c3ccccc3)OC12C(=O)Nc1ccccc1.[K+]. The van der Waals surface area contributed by atoms with Crippen LogP contribution in [0.3, 0.4) is 0 Å². The Balaban J connectivity index is 0.00000384. The molecule has 1 amide bonds. The molecule has 3 aromatic rings. The summed E-state index contributed by atoms with van der Waals surface area (Å²) in [5.74, 6) is -3.02. The number of morpholine rings is 1. The average molecular weight is 629 g/mol. The molecule has 5 unspecified atom stereocenters. The Morgan fingerprint density at radius 3 is 2.23 bits per heavy atom. The van der Waals surface area contributed by atoms with Crippen LogP contribution >= 0.6 is 0 Å². The minimum absolute atomic E-state index is 0.